The molecular formula is C17H10BrN7O2S. The van der Waals surface area contributed by atoms with Gasteiger partial charge in [0, 0.05) is 5.56 Å². The first-order valence-corrected chi connectivity index (χ1v) is 9.81. The van der Waals surface area contributed by atoms with E-state index in [9.17, 15) is 10.1 Å². The molecule has 0 unspecified atom stereocenters. The molecule has 0 saturated heterocycles. The number of benzene rings is 1. The number of halogens is 1. The molecule has 0 spiro atoms. The fourth-order valence-electron chi connectivity index (χ4n) is 2.98. The van der Waals surface area contributed by atoms with Gasteiger partial charge in [0.1, 0.15) is 15.6 Å². The van der Waals surface area contributed by atoms with Crippen LogP contribution in [0.15, 0.2) is 52.7 Å². The number of rotatable bonds is 4. The molecule has 5 aromatic rings. The molecule has 4 heterocycles. The number of nitrogens with zero attached hydrogens (tertiary/aromatic N) is 7. The lowest BCUT2D eigenvalue weighted by Crippen LogP contribution is -2.01. The summed E-state index contributed by atoms with van der Waals surface area (Å²) in [6.45, 7) is 0.393. The Labute approximate surface area is 169 Å². The van der Waals surface area contributed by atoms with Gasteiger partial charge in [-0.15, -0.1) is 16.4 Å². The van der Waals surface area contributed by atoms with Crippen molar-refractivity contribution in [3.63, 3.8) is 0 Å². The standard InChI is InChI=1S/C17H10BrN7O2S/c18-13-8-23(22-16(13)25(26)27)7-10-2-1-3-11(6-10)14-20-15-12-4-5-28-17(12)19-9-24(15)21-14/h1-6,8-9H,7H2. The van der Waals surface area contributed by atoms with Crippen LogP contribution >= 0.6 is 27.3 Å². The van der Waals surface area contributed by atoms with Gasteiger partial charge in [-0.25, -0.2) is 14.5 Å². The zero-order chi connectivity index (χ0) is 19.3. The van der Waals surface area contributed by atoms with Crippen LogP contribution in [0.4, 0.5) is 5.82 Å². The molecule has 4 aromatic heterocycles. The zero-order valence-corrected chi connectivity index (χ0v) is 16.5. The highest BCUT2D eigenvalue weighted by atomic mass is 79.9. The molecule has 0 aliphatic rings. The maximum absolute atomic E-state index is 11.0. The van der Waals surface area contributed by atoms with Gasteiger partial charge in [0.25, 0.3) is 0 Å². The average Bonchev–Trinajstić information content (AvgIpc) is 3.38. The molecule has 0 amide bonds. The molecule has 9 nitrogen and oxygen atoms in total. The third kappa shape index (κ3) is 2.84. The van der Waals surface area contributed by atoms with Crippen molar-refractivity contribution in [2.45, 2.75) is 6.54 Å². The molecule has 5 rings (SSSR count). The molecule has 1 aromatic carbocycles. The molecule has 0 bridgehead atoms. The van der Waals surface area contributed by atoms with Crippen LogP contribution in [-0.2, 0) is 6.54 Å². The van der Waals surface area contributed by atoms with Gasteiger partial charge < -0.3 is 10.1 Å². The second-order valence-electron chi connectivity index (χ2n) is 6.04. The summed E-state index contributed by atoms with van der Waals surface area (Å²) in [6, 6.07) is 9.70. The molecular weight excluding hydrogens is 446 g/mol. The summed E-state index contributed by atoms with van der Waals surface area (Å²) in [5, 5.41) is 22.4. The molecule has 138 valence electrons. The van der Waals surface area contributed by atoms with Gasteiger partial charge in [0.05, 0.1) is 23.2 Å². The summed E-state index contributed by atoms with van der Waals surface area (Å²) in [5.41, 5.74) is 2.55. The van der Waals surface area contributed by atoms with Gasteiger partial charge >= 0.3 is 5.82 Å². The Morgan fingerprint density at radius 3 is 2.96 bits per heavy atom. The minimum Gasteiger partial charge on any atom is -0.358 e. The number of fused-ring (bicyclic) bond motifs is 3. The van der Waals surface area contributed by atoms with Crippen molar-refractivity contribution < 1.29 is 4.92 Å². The smallest absolute Gasteiger partial charge is 0.358 e. The molecule has 0 aliphatic carbocycles. The molecule has 0 atom stereocenters. The van der Waals surface area contributed by atoms with Gasteiger partial charge in [-0.05, 0) is 43.9 Å². The highest BCUT2D eigenvalue weighted by molar-refractivity contribution is 9.10. The fraction of sp³-hybridized carbons (Fsp3) is 0.0588. The number of thiophene rings is 1. The number of nitro groups is 1. The van der Waals surface area contributed by atoms with Crippen molar-refractivity contribution in [1.29, 1.82) is 0 Å². The molecule has 0 fully saturated rings. The molecule has 0 N–H and O–H groups in total. The molecule has 0 saturated carbocycles. The zero-order valence-electron chi connectivity index (χ0n) is 14.1. The predicted molar refractivity (Wildman–Crippen MR) is 107 cm³/mol. The second kappa shape index (κ2) is 6.46. The van der Waals surface area contributed by atoms with Crippen LogP contribution in [0.25, 0.3) is 27.3 Å². The monoisotopic (exact) mass is 455 g/mol. The van der Waals surface area contributed by atoms with Crippen LogP contribution in [0.2, 0.25) is 0 Å². The maximum Gasteiger partial charge on any atom is 0.404 e. The van der Waals surface area contributed by atoms with Gasteiger partial charge in [0.15, 0.2) is 11.5 Å². The van der Waals surface area contributed by atoms with Gasteiger partial charge in [-0.3, -0.25) is 0 Å². The van der Waals surface area contributed by atoms with Gasteiger partial charge in [0.2, 0.25) is 0 Å². The van der Waals surface area contributed by atoms with E-state index in [0.29, 0.717) is 16.8 Å². The topological polar surface area (TPSA) is 104 Å². The summed E-state index contributed by atoms with van der Waals surface area (Å²) in [6.07, 6.45) is 3.25. The van der Waals surface area contributed by atoms with Crippen LogP contribution in [0, 0.1) is 10.1 Å². The summed E-state index contributed by atoms with van der Waals surface area (Å²) in [4.78, 5) is 20.4. The first kappa shape index (κ1) is 17.0. The lowest BCUT2D eigenvalue weighted by molar-refractivity contribution is -0.390. The third-order valence-corrected chi connectivity index (χ3v) is 5.58. The van der Waals surface area contributed by atoms with E-state index in [4.69, 9.17) is 0 Å². The highest BCUT2D eigenvalue weighted by Crippen LogP contribution is 2.26. The first-order chi connectivity index (χ1) is 13.6. The Hall–Kier alpha value is -3.18. The van der Waals surface area contributed by atoms with E-state index in [0.717, 1.165) is 27.0 Å². The highest BCUT2D eigenvalue weighted by Gasteiger charge is 2.19. The van der Waals surface area contributed by atoms with Crippen molar-refractivity contribution in [1.82, 2.24) is 29.4 Å². The Kier molecular flexibility index (Phi) is 3.91. The maximum atomic E-state index is 11.0. The molecule has 0 aliphatic heterocycles. The van der Waals surface area contributed by atoms with Crippen LogP contribution in [0.1, 0.15) is 5.56 Å². The molecule has 28 heavy (non-hydrogen) atoms. The fourth-order valence-corrected chi connectivity index (χ4v) is 4.16. The van der Waals surface area contributed by atoms with Gasteiger partial charge in [-0.1, -0.05) is 18.2 Å². The largest absolute Gasteiger partial charge is 0.404 e. The Morgan fingerprint density at radius 1 is 1.25 bits per heavy atom. The summed E-state index contributed by atoms with van der Waals surface area (Å²) >= 11 is 4.73. The van der Waals surface area contributed by atoms with E-state index in [1.54, 1.807) is 28.4 Å². The van der Waals surface area contributed by atoms with E-state index in [-0.39, 0.29) is 5.82 Å². The predicted octanol–water partition coefficient (Wildman–Crippen LogP) is 3.92. The molecule has 0 radical (unpaired) electrons. The van der Waals surface area contributed by atoms with Crippen molar-refractivity contribution >= 4 is 48.9 Å². The third-order valence-electron chi connectivity index (χ3n) is 4.20. The van der Waals surface area contributed by atoms with Crippen molar-refractivity contribution in [3.8, 4) is 11.4 Å². The minimum atomic E-state index is -0.517. The average molecular weight is 456 g/mol. The Bertz CT molecular complexity index is 1360. The Balaban J connectivity index is 1.51. The summed E-state index contributed by atoms with van der Waals surface area (Å²) in [7, 11) is 0. The van der Waals surface area contributed by atoms with Crippen molar-refractivity contribution in [2.24, 2.45) is 0 Å². The van der Waals surface area contributed by atoms with Crippen LogP contribution in [-0.4, -0.2) is 34.3 Å². The van der Waals surface area contributed by atoms with E-state index in [1.165, 1.54) is 4.68 Å². The lowest BCUT2D eigenvalue weighted by Gasteiger charge is -2.01. The number of hydrogen-bond donors (Lipinski definition) is 0. The quantitative estimate of drug-likeness (QED) is 0.300. The second-order valence-corrected chi connectivity index (χ2v) is 7.79. The molecule has 11 heteroatoms. The van der Waals surface area contributed by atoms with Crippen molar-refractivity contribution in [2.75, 3.05) is 0 Å². The minimum absolute atomic E-state index is 0.203. The van der Waals surface area contributed by atoms with E-state index in [1.807, 2.05) is 35.7 Å². The first-order valence-electron chi connectivity index (χ1n) is 8.14. The Morgan fingerprint density at radius 2 is 2.14 bits per heavy atom. The van der Waals surface area contributed by atoms with Crippen LogP contribution in [0.3, 0.4) is 0 Å². The van der Waals surface area contributed by atoms with Gasteiger partial charge in [-0.2, -0.15) is 4.68 Å². The van der Waals surface area contributed by atoms with E-state index >= 15 is 0 Å². The number of aromatic nitrogens is 6. The summed E-state index contributed by atoms with van der Waals surface area (Å²) < 4.78 is 3.55. The lowest BCUT2D eigenvalue weighted by atomic mass is 10.1. The van der Waals surface area contributed by atoms with Crippen LogP contribution in [0.5, 0.6) is 0 Å². The summed E-state index contributed by atoms with van der Waals surface area (Å²) in [5.74, 6) is 0.389. The van der Waals surface area contributed by atoms with E-state index in [2.05, 4.69) is 36.1 Å². The van der Waals surface area contributed by atoms with Crippen molar-refractivity contribution in [3.05, 3.63) is 68.4 Å². The van der Waals surface area contributed by atoms with E-state index < -0.39 is 4.92 Å². The SMILES string of the molecule is O=[N+]([O-])c1nn(Cc2cccc(-c3nc4c5ccsc5ncn4n3)c2)cc1Br. The normalized spacial score (nSPS) is 11.5. The number of hydrogen-bond acceptors (Lipinski definition) is 7. The van der Waals surface area contributed by atoms with Crippen LogP contribution < -0.4 is 0 Å².